The molecule has 0 radical (unpaired) electrons. The van der Waals surface area contributed by atoms with E-state index in [-0.39, 0.29) is 0 Å². The number of hydrogen-bond acceptors (Lipinski definition) is 5. The average Bonchev–Trinajstić information content (AvgIpc) is 2.24. The Kier molecular flexibility index (Phi) is 3.69. The molecular formula is C8H5F3N2O5. The van der Waals surface area contributed by atoms with Gasteiger partial charge in [-0.3, -0.25) is 10.1 Å². The third-order valence-corrected chi connectivity index (χ3v) is 1.63. The lowest BCUT2D eigenvalue weighted by molar-refractivity contribution is -0.386. The maximum Gasteiger partial charge on any atom is 0.422 e. The second-order valence-corrected chi connectivity index (χ2v) is 2.99. The fraction of sp³-hybridized carbons (Fsp3) is 0.250. The molecule has 0 amide bonds. The molecule has 18 heavy (non-hydrogen) atoms. The van der Waals surface area contributed by atoms with Gasteiger partial charge in [-0.2, -0.15) is 13.2 Å². The molecule has 1 N–H and O–H groups in total. The average molecular weight is 266 g/mol. The molecule has 0 aliphatic carbocycles. The molecule has 0 aliphatic heterocycles. The first-order valence-electron chi connectivity index (χ1n) is 4.29. The van der Waals surface area contributed by atoms with Crippen LogP contribution in [-0.2, 0) is 0 Å². The van der Waals surface area contributed by atoms with Crippen LogP contribution >= 0.6 is 0 Å². The van der Waals surface area contributed by atoms with Crippen LogP contribution in [0.4, 0.5) is 18.9 Å². The summed E-state index contributed by atoms with van der Waals surface area (Å²) in [5, 5.41) is 19.0. The minimum absolute atomic E-state index is 0.655. The number of carboxylic acid groups (broad SMARTS) is 1. The van der Waals surface area contributed by atoms with E-state index in [0.717, 1.165) is 6.07 Å². The molecule has 0 spiro atoms. The number of ether oxygens (including phenoxy) is 1. The fourth-order valence-corrected chi connectivity index (χ4v) is 0.948. The third kappa shape index (κ3) is 3.57. The summed E-state index contributed by atoms with van der Waals surface area (Å²) in [5.41, 5.74) is -1.50. The van der Waals surface area contributed by atoms with E-state index in [4.69, 9.17) is 5.11 Å². The highest BCUT2D eigenvalue weighted by atomic mass is 19.4. The summed E-state index contributed by atoms with van der Waals surface area (Å²) in [6.07, 6.45) is -4.71. The molecule has 0 fully saturated rings. The van der Waals surface area contributed by atoms with E-state index in [1.54, 1.807) is 0 Å². The zero-order valence-corrected chi connectivity index (χ0v) is 8.47. The second kappa shape index (κ2) is 4.85. The molecule has 0 aromatic carbocycles. The van der Waals surface area contributed by atoms with Gasteiger partial charge in [-0.1, -0.05) is 0 Å². The van der Waals surface area contributed by atoms with E-state index in [0.29, 0.717) is 6.07 Å². The molecule has 0 aliphatic rings. The summed E-state index contributed by atoms with van der Waals surface area (Å²) in [6.45, 7) is -1.80. The number of aromatic carboxylic acids is 1. The van der Waals surface area contributed by atoms with Crippen molar-refractivity contribution < 1.29 is 32.7 Å². The quantitative estimate of drug-likeness (QED) is 0.656. The van der Waals surface area contributed by atoms with Crippen molar-refractivity contribution in [3.8, 4) is 5.88 Å². The Hall–Kier alpha value is -2.39. The van der Waals surface area contributed by atoms with Gasteiger partial charge in [-0.05, 0) is 6.07 Å². The van der Waals surface area contributed by atoms with Gasteiger partial charge in [0.25, 0.3) is 5.88 Å². The first-order valence-corrected chi connectivity index (χ1v) is 4.29. The maximum absolute atomic E-state index is 11.9. The number of rotatable bonds is 4. The summed E-state index contributed by atoms with van der Waals surface area (Å²) >= 11 is 0. The van der Waals surface area contributed by atoms with Gasteiger partial charge in [-0.25, -0.2) is 9.78 Å². The van der Waals surface area contributed by atoms with E-state index >= 15 is 0 Å². The lowest BCUT2D eigenvalue weighted by atomic mass is 10.3. The topological polar surface area (TPSA) is 103 Å². The van der Waals surface area contributed by atoms with Crippen LogP contribution in [0.25, 0.3) is 0 Å². The Morgan fingerprint density at radius 3 is 2.56 bits per heavy atom. The predicted molar refractivity (Wildman–Crippen MR) is 49.4 cm³/mol. The number of pyridine rings is 1. The van der Waals surface area contributed by atoms with Crippen molar-refractivity contribution in [3.05, 3.63) is 27.9 Å². The molecule has 1 heterocycles. The molecule has 1 aromatic heterocycles. The van der Waals surface area contributed by atoms with Gasteiger partial charge in [0.2, 0.25) is 0 Å². The summed E-state index contributed by atoms with van der Waals surface area (Å²) < 4.78 is 39.8. The number of nitro groups is 1. The van der Waals surface area contributed by atoms with Crippen molar-refractivity contribution in [1.82, 2.24) is 4.98 Å². The molecule has 98 valence electrons. The molecule has 7 nitrogen and oxygen atoms in total. The second-order valence-electron chi connectivity index (χ2n) is 2.99. The highest BCUT2D eigenvalue weighted by Gasteiger charge is 2.31. The number of nitrogens with zero attached hydrogens (tertiary/aromatic N) is 2. The summed E-state index contributed by atoms with van der Waals surface area (Å²) in [6, 6.07) is 1.50. The van der Waals surface area contributed by atoms with Gasteiger partial charge < -0.3 is 9.84 Å². The number of hydrogen-bond donors (Lipinski definition) is 1. The van der Waals surface area contributed by atoms with Crippen molar-refractivity contribution in [2.75, 3.05) is 6.61 Å². The molecule has 1 rings (SSSR count). The maximum atomic E-state index is 11.9. The van der Waals surface area contributed by atoms with Crippen molar-refractivity contribution in [2.45, 2.75) is 6.18 Å². The molecular weight excluding hydrogens is 261 g/mol. The molecule has 0 unspecified atom stereocenters. The predicted octanol–water partition coefficient (Wildman–Crippen LogP) is 1.63. The fourth-order valence-electron chi connectivity index (χ4n) is 0.948. The Morgan fingerprint density at radius 2 is 2.11 bits per heavy atom. The van der Waals surface area contributed by atoms with Gasteiger partial charge in [0.1, 0.15) is 0 Å². The van der Waals surface area contributed by atoms with E-state index in [2.05, 4.69) is 9.72 Å². The Bertz CT molecular complexity index is 488. The Balaban J connectivity index is 3.08. The number of halogens is 3. The van der Waals surface area contributed by atoms with Gasteiger partial charge in [0.05, 0.1) is 4.92 Å². The van der Waals surface area contributed by atoms with Crippen LogP contribution in [0, 0.1) is 10.1 Å². The van der Waals surface area contributed by atoms with Crippen molar-refractivity contribution in [3.63, 3.8) is 0 Å². The van der Waals surface area contributed by atoms with E-state index in [1.165, 1.54) is 0 Å². The first kappa shape index (κ1) is 13.7. The normalized spacial score (nSPS) is 11.1. The van der Waals surface area contributed by atoms with Gasteiger partial charge in [0.15, 0.2) is 12.3 Å². The number of carbonyl (C=O) groups is 1. The van der Waals surface area contributed by atoms with Gasteiger partial charge in [0, 0.05) is 6.07 Å². The molecule has 0 bridgehead atoms. The molecule has 1 aromatic rings. The van der Waals surface area contributed by atoms with Crippen molar-refractivity contribution in [2.24, 2.45) is 0 Å². The van der Waals surface area contributed by atoms with Gasteiger partial charge in [-0.15, -0.1) is 0 Å². The van der Waals surface area contributed by atoms with Gasteiger partial charge >= 0.3 is 17.8 Å². The van der Waals surface area contributed by atoms with Crippen LogP contribution in [0.1, 0.15) is 10.5 Å². The Morgan fingerprint density at radius 1 is 1.50 bits per heavy atom. The highest BCUT2D eigenvalue weighted by Crippen LogP contribution is 2.26. The van der Waals surface area contributed by atoms with Crippen LogP contribution in [0.2, 0.25) is 0 Å². The molecule has 0 saturated carbocycles. The highest BCUT2D eigenvalue weighted by molar-refractivity contribution is 5.85. The van der Waals surface area contributed by atoms with Crippen LogP contribution in [0.15, 0.2) is 12.1 Å². The summed E-state index contributed by atoms with van der Waals surface area (Å²) in [4.78, 5) is 23.1. The standard InChI is InChI=1S/C8H5F3N2O5/c9-8(10,11)3-18-6-5(13(16)17)2-1-4(12-6)7(14)15/h1-2H,3H2,(H,14,15). The zero-order valence-electron chi connectivity index (χ0n) is 8.47. The monoisotopic (exact) mass is 266 g/mol. The van der Waals surface area contributed by atoms with Crippen molar-refractivity contribution >= 4 is 11.7 Å². The number of aromatic nitrogens is 1. The van der Waals surface area contributed by atoms with Crippen LogP contribution < -0.4 is 4.74 Å². The van der Waals surface area contributed by atoms with Crippen molar-refractivity contribution in [1.29, 1.82) is 0 Å². The van der Waals surface area contributed by atoms with E-state index in [9.17, 15) is 28.1 Å². The van der Waals surface area contributed by atoms with Crippen LogP contribution in [0.5, 0.6) is 5.88 Å². The summed E-state index contributed by atoms with van der Waals surface area (Å²) in [7, 11) is 0. The summed E-state index contributed by atoms with van der Waals surface area (Å²) in [5.74, 6) is -2.53. The van der Waals surface area contributed by atoms with Crippen LogP contribution in [-0.4, -0.2) is 33.8 Å². The zero-order chi connectivity index (χ0) is 13.9. The molecule has 0 atom stereocenters. The first-order chi connectivity index (χ1) is 8.20. The van der Waals surface area contributed by atoms with E-state index < -0.39 is 40.9 Å². The SMILES string of the molecule is O=C(O)c1ccc([N+](=O)[O-])c(OCC(F)(F)F)n1. The number of alkyl halides is 3. The van der Waals surface area contributed by atoms with E-state index in [1.807, 2.05) is 0 Å². The minimum Gasteiger partial charge on any atom is -0.477 e. The molecule has 10 heteroatoms. The lowest BCUT2D eigenvalue weighted by Crippen LogP contribution is -2.20. The number of carboxylic acids is 1. The minimum atomic E-state index is -4.71. The van der Waals surface area contributed by atoms with Crippen LogP contribution in [0.3, 0.4) is 0 Å². The third-order valence-electron chi connectivity index (χ3n) is 1.63. The molecule has 0 saturated heterocycles. The largest absolute Gasteiger partial charge is 0.477 e. The smallest absolute Gasteiger partial charge is 0.422 e. The Labute approximate surface area is 97.0 Å². The lowest BCUT2D eigenvalue weighted by Gasteiger charge is -2.08.